The minimum atomic E-state index is -0.362. The minimum absolute atomic E-state index is 0.107. The van der Waals surface area contributed by atoms with Crippen LogP contribution in [0.1, 0.15) is 23.6 Å². The van der Waals surface area contributed by atoms with E-state index in [9.17, 15) is 4.79 Å². The fourth-order valence-corrected chi connectivity index (χ4v) is 4.05. The largest absolute Gasteiger partial charge is 0.489 e. The van der Waals surface area contributed by atoms with Crippen molar-refractivity contribution in [3.8, 4) is 16.9 Å². The third-order valence-corrected chi connectivity index (χ3v) is 5.76. The minimum Gasteiger partial charge on any atom is -0.489 e. The van der Waals surface area contributed by atoms with Crippen LogP contribution in [-0.2, 0) is 29.1 Å². The maximum Gasteiger partial charge on any atom is 0.310 e. The number of rotatable bonds is 8. The van der Waals surface area contributed by atoms with Crippen LogP contribution in [0.3, 0.4) is 0 Å². The number of benzene rings is 3. The summed E-state index contributed by atoms with van der Waals surface area (Å²) in [6.07, 6.45) is 1.69. The lowest BCUT2D eigenvalue weighted by atomic mass is 9.98. The van der Waals surface area contributed by atoms with Crippen LogP contribution in [0, 0.1) is 5.82 Å². The van der Waals surface area contributed by atoms with E-state index in [-0.39, 0.29) is 31.4 Å². The fraction of sp³-hybridized carbons (Fsp3) is 0.192. The lowest BCUT2D eigenvalue weighted by Crippen LogP contribution is -2.09. The van der Waals surface area contributed by atoms with Gasteiger partial charge in [0.25, 0.3) is 0 Å². The van der Waals surface area contributed by atoms with Crippen LogP contribution in [0.15, 0.2) is 69.8 Å². The number of hydrogen-bond acceptors (Lipinski definition) is 5. The van der Waals surface area contributed by atoms with Gasteiger partial charge in [-0.15, -0.1) is 0 Å². The van der Waals surface area contributed by atoms with Crippen LogP contribution < -0.4 is 10.5 Å². The fourth-order valence-electron chi connectivity index (χ4n) is 3.71. The molecule has 0 atom stereocenters. The number of halogens is 2. The van der Waals surface area contributed by atoms with Crippen LogP contribution in [0.25, 0.3) is 22.1 Å². The Hall–Kier alpha value is -3.16. The predicted octanol–water partition coefficient (Wildman–Crippen LogP) is 6.14. The number of carbonyl (C=O) groups is 1. The summed E-state index contributed by atoms with van der Waals surface area (Å²) in [5.41, 5.74) is 9.33. The average Bonchev–Trinajstić information content (AvgIpc) is 3.28. The maximum atomic E-state index is 15.1. The molecule has 0 aliphatic carbocycles. The molecule has 0 amide bonds. The van der Waals surface area contributed by atoms with Crippen LogP contribution >= 0.6 is 15.9 Å². The Balaban J connectivity index is 1.67. The van der Waals surface area contributed by atoms with E-state index in [1.165, 1.54) is 0 Å². The van der Waals surface area contributed by atoms with E-state index >= 15 is 4.39 Å². The smallest absolute Gasteiger partial charge is 0.310 e. The van der Waals surface area contributed by atoms with Crippen LogP contribution in [0.2, 0.25) is 0 Å². The molecular weight excluding hydrogens is 489 g/mol. The molecule has 0 fully saturated rings. The first-order valence-electron chi connectivity index (χ1n) is 10.5. The molecule has 1 aromatic heterocycles. The van der Waals surface area contributed by atoms with Crippen molar-refractivity contribution in [2.75, 3.05) is 6.61 Å². The van der Waals surface area contributed by atoms with Gasteiger partial charge in [-0.2, -0.15) is 0 Å². The van der Waals surface area contributed by atoms with Gasteiger partial charge in [-0.25, -0.2) is 4.39 Å². The van der Waals surface area contributed by atoms with Gasteiger partial charge < -0.3 is 19.6 Å². The van der Waals surface area contributed by atoms with Crippen LogP contribution in [0.5, 0.6) is 5.75 Å². The number of esters is 1. The molecule has 0 bridgehead atoms. The van der Waals surface area contributed by atoms with Gasteiger partial charge in [-0.05, 0) is 42.8 Å². The van der Waals surface area contributed by atoms with Crippen LogP contribution in [0.4, 0.5) is 4.39 Å². The summed E-state index contributed by atoms with van der Waals surface area (Å²) in [7, 11) is 0. The molecule has 0 spiro atoms. The Morgan fingerprint density at radius 2 is 1.94 bits per heavy atom. The second kappa shape index (κ2) is 10.2. The molecule has 1 heterocycles. The number of carbonyl (C=O) groups excluding carboxylic acids is 1. The number of ether oxygens (including phenoxy) is 2. The molecule has 4 rings (SSSR count). The van der Waals surface area contributed by atoms with Crippen molar-refractivity contribution in [2.45, 2.75) is 26.5 Å². The zero-order valence-corrected chi connectivity index (χ0v) is 19.7. The average molecular weight is 512 g/mol. The van der Waals surface area contributed by atoms with Gasteiger partial charge in [0.2, 0.25) is 0 Å². The molecule has 3 aromatic carbocycles. The van der Waals surface area contributed by atoms with Crippen molar-refractivity contribution < 1.29 is 23.1 Å². The molecule has 170 valence electrons. The molecule has 7 heteroatoms. The summed E-state index contributed by atoms with van der Waals surface area (Å²) in [6, 6.07) is 16.3. The highest BCUT2D eigenvalue weighted by molar-refractivity contribution is 9.10. The van der Waals surface area contributed by atoms with Crippen molar-refractivity contribution in [1.82, 2.24) is 0 Å². The zero-order valence-electron chi connectivity index (χ0n) is 18.1. The van der Waals surface area contributed by atoms with E-state index in [2.05, 4.69) is 15.9 Å². The number of furan rings is 1. The van der Waals surface area contributed by atoms with E-state index in [0.29, 0.717) is 34.6 Å². The molecule has 4 aromatic rings. The third-order valence-electron chi connectivity index (χ3n) is 5.26. The Morgan fingerprint density at radius 1 is 1.09 bits per heavy atom. The molecule has 5 nitrogen and oxygen atoms in total. The van der Waals surface area contributed by atoms with E-state index in [1.807, 2.05) is 36.4 Å². The molecule has 2 N–H and O–H groups in total. The highest BCUT2D eigenvalue weighted by atomic mass is 79.9. The summed E-state index contributed by atoms with van der Waals surface area (Å²) < 4.78 is 32.7. The summed E-state index contributed by atoms with van der Waals surface area (Å²) in [6.45, 7) is 2.42. The van der Waals surface area contributed by atoms with Crippen molar-refractivity contribution in [3.63, 3.8) is 0 Å². The van der Waals surface area contributed by atoms with Crippen LogP contribution in [-0.4, -0.2) is 12.6 Å². The van der Waals surface area contributed by atoms with Crippen molar-refractivity contribution >= 4 is 32.9 Å². The molecule has 0 radical (unpaired) electrons. The summed E-state index contributed by atoms with van der Waals surface area (Å²) in [5, 5.41) is 0.838. The first-order chi connectivity index (χ1) is 16.0. The second-order valence-corrected chi connectivity index (χ2v) is 8.40. The van der Waals surface area contributed by atoms with E-state index in [1.54, 1.807) is 31.4 Å². The monoisotopic (exact) mass is 511 g/mol. The number of nitrogens with two attached hydrogens (primary N) is 1. The number of fused-ring (bicyclic) bond motifs is 1. The first-order valence-corrected chi connectivity index (χ1v) is 11.3. The van der Waals surface area contributed by atoms with Gasteiger partial charge in [-0.1, -0.05) is 40.2 Å². The highest BCUT2D eigenvalue weighted by Crippen LogP contribution is 2.34. The van der Waals surface area contributed by atoms with Crippen molar-refractivity contribution in [3.05, 3.63) is 87.8 Å². The van der Waals surface area contributed by atoms with Gasteiger partial charge in [0.1, 0.15) is 23.8 Å². The van der Waals surface area contributed by atoms with Crippen molar-refractivity contribution in [2.24, 2.45) is 5.73 Å². The SMILES string of the molecule is CCOC(=O)Cc1ccc(Br)cc1OCc1cc(-c2cccc(CN)c2F)c2occc2c1. The Kier molecular flexibility index (Phi) is 7.11. The molecule has 0 unspecified atom stereocenters. The van der Waals surface area contributed by atoms with E-state index < -0.39 is 0 Å². The number of hydrogen-bond donors (Lipinski definition) is 1. The normalized spacial score (nSPS) is 11.0. The Morgan fingerprint density at radius 3 is 2.73 bits per heavy atom. The molecule has 33 heavy (non-hydrogen) atoms. The zero-order chi connectivity index (χ0) is 23.4. The Bertz CT molecular complexity index is 1300. The van der Waals surface area contributed by atoms with E-state index in [4.69, 9.17) is 19.6 Å². The first kappa shape index (κ1) is 23.0. The maximum absolute atomic E-state index is 15.1. The van der Waals surface area contributed by atoms with Gasteiger partial charge in [-0.3, -0.25) is 4.79 Å². The third kappa shape index (κ3) is 5.10. The molecule has 0 aliphatic heterocycles. The summed E-state index contributed by atoms with van der Waals surface area (Å²) in [4.78, 5) is 12.0. The lowest BCUT2D eigenvalue weighted by molar-refractivity contribution is -0.142. The molecule has 0 saturated carbocycles. The second-order valence-electron chi connectivity index (χ2n) is 7.49. The molecular formula is C26H23BrFNO4. The lowest BCUT2D eigenvalue weighted by Gasteiger charge is -2.14. The summed E-state index contributed by atoms with van der Waals surface area (Å²) in [5.74, 6) is -0.107. The van der Waals surface area contributed by atoms with Gasteiger partial charge >= 0.3 is 5.97 Å². The van der Waals surface area contributed by atoms with Gasteiger partial charge in [0, 0.05) is 38.7 Å². The standard InChI is InChI=1S/C26H23BrFNO4/c1-2-31-24(30)12-17-6-7-20(27)13-23(17)33-15-16-10-18-8-9-32-26(18)22(11-16)21-5-3-4-19(14-29)25(21)28/h3-11,13H,2,12,14-15,29H2,1H3. The predicted molar refractivity (Wildman–Crippen MR) is 128 cm³/mol. The van der Waals surface area contributed by atoms with Gasteiger partial charge in [0.05, 0.1) is 19.3 Å². The van der Waals surface area contributed by atoms with E-state index in [0.717, 1.165) is 21.0 Å². The quantitative estimate of drug-likeness (QED) is 0.287. The molecule has 0 saturated heterocycles. The highest BCUT2D eigenvalue weighted by Gasteiger charge is 2.16. The molecule has 0 aliphatic rings. The van der Waals surface area contributed by atoms with Crippen molar-refractivity contribution in [1.29, 1.82) is 0 Å². The van der Waals surface area contributed by atoms with Gasteiger partial charge in [0.15, 0.2) is 0 Å². The Labute approximate surface area is 199 Å². The summed E-state index contributed by atoms with van der Waals surface area (Å²) >= 11 is 3.45. The topological polar surface area (TPSA) is 74.7 Å².